The van der Waals surface area contributed by atoms with Crippen LogP contribution in [0.2, 0.25) is 0 Å². The first-order valence-electron chi connectivity index (χ1n) is 17.0. The standard InChI is InChI=1S/C39H58O3/c1-25-22-31-32(40)23-30-29(36(31,7)24-26(25)2)17-20-38(9)33(18-21-37(30,38)8)39(10,27(3)16-19-35(4,5)6)42-34(41)28-14-12-11-13-15-28/h11-15,23,25-27,29,31,33H,16-22,24H2,1-10H3/t25-,26+,27-,29?,31+,33+,36-,37+,38-,39+/m1/s1. The van der Waals surface area contributed by atoms with Crippen LogP contribution < -0.4 is 0 Å². The van der Waals surface area contributed by atoms with Gasteiger partial charge < -0.3 is 4.74 Å². The number of fused-ring (bicyclic) bond motifs is 5. The summed E-state index contributed by atoms with van der Waals surface area (Å²) >= 11 is 0. The zero-order valence-corrected chi connectivity index (χ0v) is 28.3. The molecule has 0 aliphatic heterocycles. The van der Waals surface area contributed by atoms with Crippen LogP contribution in [0.15, 0.2) is 42.0 Å². The minimum absolute atomic E-state index is 0.0475. The lowest BCUT2D eigenvalue weighted by atomic mass is 9.42. The lowest BCUT2D eigenvalue weighted by Crippen LogP contribution is -2.58. The van der Waals surface area contributed by atoms with Crippen LogP contribution in [-0.4, -0.2) is 17.4 Å². The molecule has 3 fully saturated rings. The largest absolute Gasteiger partial charge is 0.455 e. The van der Waals surface area contributed by atoms with Gasteiger partial charge in [-0.15, -0.1) is 0 Å². The van der Waals surface area contributed by atoms with Crippen LogP contribution in [0.1, 0.15) is 131 Å². The number of allylic oxidation sites excluding steroid dienone is 2. The van der Waals surface area contributed by atoms with Gasteiger partial charge >= 0.3 is 5.97 Å². The molecule has 5 rings (SSSR count). The van der Waals surface area contributed by atoms with Gasteiger partial charge in [-0.1, -0.05) is 86.1 Å². The number of rotatable bonds is 6. The molecule has 0 aromatic heterocycles. The molecule has 0 bridgehead atoms. The van der Waals surface area contributed by atoms with Crippen LogP contribution >= 0.6 is 0 Å². The maximum absolute atomic E-state index is 13.9. The van der Waals surface area contributed by atoms with E-state index in [1.165, 1.54) is 5.57 Å². The van der Waals surface area contributed by atoms with Crippen molar-refractivity contribution in [1.29, 1.82) is 0 Å². The molecular formula is C39H58O3. The molecule has 0 N–H and O–H groups in total. The van der Waals surface area contributed by atoms with E-state index >= 15 is 0 Å². The highest BCUT2D eigenvalue weighted by atomic mass is 16.6. The van der Waals surface area contributed by atoms with Crippen molar-refractivity contribution in [3.63, 3.8) is 0 Å². The Labute approximate surface area is 256 Å². The molecule has 0 saturated heterocycles. The second-order valence-electron chi connectivity index (χ2n) is 17.3. The number of ether oxygens (including phenoxy) is 1. The molecule has 3 heteroatoms. The first-order chi connectivity index (χ1) is 19.5. The van der Waals surface area contributed by atoms with E-state index in [0.717, 1.165) is 51.4 Å². The number of hydrogen-bond acceptors (Lipinski definition) is 3. The fourth-order valence-electron chi connectivity index (χ4n) is 10.5. The highest BCUT2D eigenvalue weighted by Gasteiger charge is 2.68. The minimum Gasteiger partial charge on any atom is -0.455 e. The van der Waals surface area contributed by atoms with Crippen molar-refractivity contribution in [2.75, 3.05) is 0 Å². The van der Waals surface area contributed by atoms with Crippen LogP contribution in [0.3, 0.4) is 0 Å². The zero-order chi connectivity index (χ0) is 30.9. The van der Waals surface area contributed by atoms with Crippen LogP contribution in [0, 0.1) is 57.2 Å². The number of ketones is 1. The molecule has 0 heterocycles. The van der Waals surface area contributed by atoms with Crippen LogP contribution in [0.25, 0.3) is 0 Å². The summed E-state index contributed by atoms with van der Waals surface area (Å²) in [6.07, 6.45) is 10.8. The lowest BCUT2D eigenvalue weighted by molar-refractivity contribution is -0.140. The van der Waals surface area contributed by atoms with Gasteiger partial charge in [0.2, 0.25) is 0 Å². The molecule has 1 unspecified atom stereocenters. The van der Waals surface area contributed by atoms with Crippen molar-refractivity contribution >= 4 is 11.8 Å². The summed E-state index contributed by atoms with van der Waals surface area (Å²) in [7, 11) is 0. The summed E-state index contributed by atoms with van der Waals surface area (Å²) in [6, 6.07) is 9.52. The Morgan fingerprint density at radius 3 is 2.29 bits per heavy atom. The summed E-state index contributed by atoms with van der Waals surface area (Å²) in [6.45, 7) is 23.6. The molecule has 0 radical (unpaired) electrons. The smallest absolute Gasteiger partial charge is 0.338 e. The molecule has 3 saturated carbocycles. The highest BCUT2D eigenvalue weighted by molar-refractivity contribution is 5.95. The summed E-state index contributed by atoms with van der Waals surface area (Å²) in [5.41, 5.74) is 1.62. The maximum atomic E-state index is 13.9. The van der Waals surface area contributed by atoms with Gasteiger partial charge in [0.15, 0.2) is 5.78 Å². The fraction of sp³-hybridized carbons (Fsp3) is 0.744. The molecule has 232 valence electrons. The fourth-order valence-corrected chi connectivity index (χ4v) is 10.5. The first-order valence-corrected chi connectivity index (χ1v) is 17.0. The quantitative estimate of drug-likeness (QED) is 0.318. The Bertz CT molecular complexity index is 1220. The molecule has 1 aromatic rings. The van der Waals surface area contributed by atoms with Crippen molar-refractivity contribution in [3.05, 3.63) is 47.5 Å². The predicted molar refractivity (Wildman–Crippen MR) is 172 cm³/mol. The molecular weight excluding hydrogens is 516 g/mol. The Morgan fingerprint density at radius 2 is 1.64 bits per heavy atom. The van der Waals surface area contributed by atoms with Gasteiger partial charge in [0.25, 0.3) is 0 Å². The molecule has 3 nitrogen and oxygen atoms in total. The van der Waals surface area contributed by atoms with Crippen LogP contribution in [0.4, 0.5) is 0 Å². The third kappa shape index (κ3) is 4.93. The van der Waals surface area contributed by atoms with Gasteiger partial charge in [-0.25, -0.2) is 4.79 Å². The molecule has 4 aliphatic carbocycles. The summed E-state index contributed by atoms with van der Waals surface area (Å²) in [5, 5.41) is 0. The number of benzene rings is 1. The normalized spacial score (nSPS) is 40.2. The summed E-state index contributed by atoms with van der Waals surface area (Å²) in [5.74, 6) is 2.52. The molecule has 42 heavy (non-hydrogen) atoms. The van der Waals surface area contributed by atoms with Gasteiger partial charge in [0, 0.05) is 11.8 Å². The monoisotopic (exact) mass is 574 g/mol. The summed E-state index contributed by atoms with van der Waals surface area (Å²) < 4.78 is 6.76. The predicted octanol–water partition coefficient (Wildman–Crippen LogP) is 10.1. The van der Waals surface area contributed by atoms with Gasteiger partial charge in [-0.2, -0.15) is 0 Å². The molecule has 0 amide bonds. The Balaban J connectivity index is 1.53. The van der Waals surface area contributed by atoms with E-state index < -0.39 is 5.60 Å². The molecule has 0 spiro atoms. The van der Waals surface area contributed by atoms with E-state index in [4.69, 9.17) is 4.74 Å². The number of hydrogen-bond donors (Lipinski definition) is 0. The second kappa shape index (κ2) is 10.6. The Morgan fingerprint density at radius 1 is 0.976 bits per heavy atom. The van der Waals surface area contributed by atoms with E-state index in [0.29, 0.717) is 29.1 Å². The van der Waals surface area contributed by atoms with Crippen molar-refractivity contribution < 1.29 is 14.3 Å². The number of carbonyl (C=O) groups excluding carboxylic acids is 2. The Kier molecular flexibility index (Phi) is 7.97. The second-order valence-corrected chi connectivity index (χ2v) is 17.3. The number of esters is 1. The highest BCUT2D eigenvalue weighted by Crippen LogP contribution is 2.73. The first kappa shape index (κ1) is 31.5. The SMILES string of the molecule is C[C@@H]1C[C@H]2C(=O)C=C3C(CC[C@]4(C)[C@@H]([C@@](C)(OC(=O)c5ccccc5)[C@H](C)CCC(C)(C)C)CC[C@@]34C)[C@@]2(C)C[C@@H]1C. The lowest BCUT2D eigenvalue weighted by Gasteiger charge is -2.62. The van der Waals surface area contributed by atoms with Crippen molar-refractivity contribution in [2.45, 2.75) is 126 Å². The topological polar surface area (TPSA) is 43.4 Å². The van der Waals surface area contributed by atoms with Crippen molar-refractivity contribution in [3.8, 4) is 0 Å². The van der Waals surface area contributed by atoms with Crippen LogP contribution in [-0.2, 0) is 9.53 Å². The maximum Gasteiger partial charge on any atom is 0.338 e. The van der Waals surface area contributed by atoms with Crippen molar-refractivity contribution in [2.24, 2.45) is 57.2 Å². The molecule has 1 aromatic carbocycles. The van der Waals surface area contributed by atoms with Gasteiger partial charge in [-0.3, -0.25) is 4.79 Å². The Hall–Kier alpha value is -1.90. The van der Waals surface area contributed by atoms with Gasteiger partial charge in [0.1, 0.15) is 5.60 Å². The van der Waals surface area contributed by atoms with E-state index in [1.807, 2.05) is 30.3 Å². The third-order valence-electron chi connectivity index (χ3n) is 13.8. The van der Waals surface area contributed by atoms with E-state index in [1.54, 1.807) is 0 Å². The molecule has 4 aliphatic rings. The number of carbonyl (C=O) groups is 2. The van der Waals surface area contributed by atoms with E-state index in [-0.39, 0.29) is 45.4 Å². The zero-order valence-electron chi connectivity index (χ0n) is 28.3. The average Bonchev–Trinajstić information content (AvgIpc) is 3.20. The average molecular weight is 575 g/mol. The van der Waals surface area contributed by atoms with Crippen LogP contribution in [0.5, 0.6) is 0 Å². The molecule has 10 atom stereocenters. The summed E-state index contributed by atoms with van der Waals surface area (Å²) in [4.78, 5) is 27.6. The van der Waals surface area contributed by atoms with Gasteiger partial charge in [-0.05, 0) is 122 Å². The third-order valence-corrected chi connectivity index (χ3v) is 13.8. The van der Waals surface area contributed by atoms with Crippen molar-refractivity contribution in [1.82, 2.24) is 0 Å². The minimum atomic E-state index is -0.599. The van der Waals surface area contributed by atoms with Gasteiger partial charge in [0.05, 0.1) is 5.56 Å². The van der Waals surface area contributed by atoms with E-state index in [9.17, 15) is 9.59 Å². The van der Waals surface area contributed by atoms with E-state index in [2.05, 4.69) is 75.3 Å².